The average molecular weight is 431 g/mol. The smallest absolute Gasteiger partial charge is 0.306 e. The lowest BCUT2D eigenvalue weighted by Crippen LogP contribution is -2.57. The van der Waals surface area contributed by atoms with E-state index in [4.69, 9.17) is 5.11 Å². The Labute approximate surface area is 185 Å². The Bertz CT molecular complexity index is 826. The van der Waals surface area contributed by atoms with Gasteiger partial charge in [-0.2, -0.15) is 0 Å². The number of Topliss-reactive ketones (excluding diaryl/α,β-unsaturated/α-hetero) is 1. The number of ketones is 2. The molecule has 2 N–H and O–H groups in total. The number of allylic oxidation sites excluding steroid dienone is 1. The highest BCUT2D eigenvalue weighted by molar-refractivity contribution is 5.91. The zero-order valence-corrected chi connectivity index (χ0v) is 19.4. The second-order valence-corrected chi connectivity index (χ2v) is 11.5. The topological polar surface area (TPSA) is 91.7 Å². The van der Waals surface area contributed by atoms with Crippen LogP contribution in [0.1, 0.15) is 85.5 Å². The molecule has 0 spiro atoms. The molecule has 4 saturated carbocycles. The van der Waals surface area contributed by atoms with Gasteiger partial charge in [-0.25, -0.2) is 0 Å². The molecule has 0 unspecified atom stereocenters. The van der Waals surface area contributed by atoms with Crippen LogP contribution in [0.2, 0.25) is 0 Å². The Kier molecular flexibility index (Phi) is 5.52. The largest absolute Gasteiger partial charge is 0.481 e. The second kappa shape index (κ2) is 7.54. The van der Waals surface area contributed by atoms with E-state index < -0.39 is 11.6 Å². The summed E-state index contributed by atoms with van der Waals surface area (Å²) in [6, 6.07) is 0. The molecule has 0 radical (unpaired) electrons. The van der Waals surface area contributed by atoms with E-state index in [1.54, 1.807) is 6.92 Å². The fourth-order valence-corrected chi connectivity index (χ4v) is 7.91. The molecule has 0 aliphatic heterocycles. The predicted octanol–water partition coefficient (Wildman–Crippen LogP) is 4.57. The monoisotopic (exact) mass is 430 g/mol. The van der Waals surface area contributed by atoms with Crippen LogP contribution in [0.4, 0.5) is 0 Å². The number of carboxylic acid groups (broad SMARTS) is 1. The molecule has 5 heteroatoms. The van der Waals surface area contributed by atoms with Crippen LogP contribution in [0, 0.1) is 40.4 Å². The number of fused-ring (bicyclic) bond motifs is 5. The van der Waals surface area contributed by atoms with Crippen molar-refractivity contribution in [1.29, 1.82) is 0 Å². The van der Waals surface area contributed by atoms with Crippen LogP contribution in [0.5, 0.6) is 0 Å². The van der Waals surface area contributed by atoms with Crippen LogP contribution >= 0.6 is 0 Å². The van der Waals surface area contributed by atoms with Gasteiger partial charge in [-0.15, -0.1) is 0 Å². The molecule has 5 rings (SSSR count). The van der Waals surface area contributed by atoms with Gasteiger partial charge in [0.05, 0.1) is 5.92 Å². The molecule has 7 atom stereocenters. The van der Waals surface area contributed by atoms with E-state index in [-0.39, 0.29) is 22.5 Å². The third-order valence-corrected chi connectivity index (χ3v) is 9.94. The summed E-state index contributed by atoms with van der Waals surface area (Å²) >= 11 is 0. The molecule has 0 aromatic rings. The standard InChI is InChI=1S/C22H32O3.C4H6O2/c1-13-11-16-17(20(3)8-5-15(24)12-19(13)20)6-9-21(4)18(16)7-10-22(21,25)14(2)23;5-4(6)3-1-2-3/h12-13,16-18,25H,5-11H2,1-4H3;3H,1-2H2,(H,5,6)/t13-,16+,17-,18-,20+,21-,22-;/m0./s1. The average Bonchev–Trinajstić information content (AvgIpc) is 3.50. The summed E-state index contributed by atoms with van der Waals surface area (Å²) in [6.07, 6.45) is 10.1. The second-order valence-electron chi connectivity index (χ2n) is 11.5. The van der Waals surface area contributed by atoms with Crippen LogP contribution in [-0.2, 0) is 14.4 Å². The first kappa shape index (κ1) is 22.7. The SMILES string of the molecule is CC(=O)[C@@]1(O)CC[C@H]2[C@@H]3C[C@H](C)C4=CC(=O)CC[C@]4(C)[C@H]3CC[C@@]21C.O=C(O)C1CC1. The van der Waals surface area contributed by atoms with Gasteiger partial charge in [0.25, 0.3) is 0 Å². The number of hydrogen-bond donors (Lipinski definition) is 2. The van der Waals surface area contributed by atoms with Gasteiger partial charge in [0, 0.05) is 11.8 Å². The molecule has 0 aromatic carbocycles. The van der Waals surface area contributed by atoms with Gasteiger partial charge in [0.15, 0.2) is 11.6 Å². The van der Waals surface area contributed by atoms with Crippen molar-refractivity contribution < 1.29 is 24.6 Å². The minimum atomic E-state index is -1.13. The quantitative estimate of drug-likeness (QED) is 0.670. The summed E-state index contributed by atoms with van der Waals surface area (Å²) in [7, 11) is 0. The lowest BCUT2D eigenvalue weighted by molar-refractivity contribution is -0.161. The van der Waals surface area contributed by atoms with Crippen molar-refractivity contribution in [2.45, 2.75) is 91.1 Å². The summed E-state index contributed by atoms with van der Waals surface area (Å²) in [4.78, 5) is 34.1. The summed E-state index contributed by atoms with van der Waals surface area (Å²) in [5.41, 5.74) is 0.107. The predicted molar refractivity (Wildman–Crippen MR) is 117 cm³/mol. The maximum atomic E-state index is 12.3. The van der Waals surface area contributed by atoms with Crippen LogP contribution in [0.25, 0.3) is 0 Å². The molecule has 0 bridgehead atoms. The van der Waals surface area contributed by atoms with Crippen molar-refractivity contribution in [3.8, 4) is 0 Å². The molecular weight excluding hydrogens is 392 g/mol. The van der Waals surface area contributed by atoms with Crippen molar-refractivity contribution in [2.24, 2.45) is 40.4 Å². The van der Waals surface area contributed by atoms with Gasteiger partial charge in [-0.1, -0.05) is 26.3 Å². The molecule has 0 amide bonds. The molecule has 0 saturated heterocycles. The van der Waals surface area contributed by atoms with E-state index >= 15 is 0 Å². The molecule has 0 aromatic heterocycles. The Morgan fingerprint density at radius 3 is 2.23 bits per heavy atom. The first-order valence-corrected chi connectivity index (χ1v) is 12.1. The van der Waals surface area contributed by atoms with Crippen LogP contribution in [0.15, 0.2) is 11.6 Å². The van der Waals surface area contributed by atoms with Gasteiger partial charge < -0.3 is 10.2 Å². The van der Waals surface area contributed by atoms with Gasteiger partial charge in [-0.3, -0.25) is 14.4 Å². The summed E-state index contributed by atoms with van der Waals surface area (Å²) < 4.78 is 0. The van der Waals surface area contributed by atoms with Crippen LogP contribution in [-0.4, -0.2) is 33.3 Å². The number of rotatable bonds is 2. The van der Waals surface area contributed by atoms with Crippen LogP contribution < -0.4 is 0 Å². The maximum Gasteiger partial charge on any atom is 0.306 e. The fraction of sp³-hybridized carbons (Fsp3) is 0.808. The summed E-state index contributed by atoms with van der Waals surface area (Å²) in [5.74, 6) is 1.66. The lowest BCUT2D eigenvalue weighted by Gasteiger charge is -2.60. The van der Waals surface area contributed by atoms with E-state index in [1.807, 2.05) is 6.08 Å². The first-order valence-electron chi connectivity index (χ1n) is 12.1. The number of carboxylic acids is 1. The molecule has 31 heavy (non-hydrogen) atoms. The zero-order chi connectivity index (χ0) is 22.8. The number of carbonyl (C=O) groups is 3. The molecule has 5 aliphatic carbocycles. The van der Waals surface area contributed by atoms with Gasteiger partial charge in [0.1, 0.15) is 5.60 Å². The Morgan fingerprint density at radius 1 is 1.03 bits per heavy atom. The van der Waals surface area contributed by atoms with Gasteiger partial charge in [0.2, 0.25) is 0 Å². The van der Waals surface area contributed by atoms with E-state index in [0.717, 1.165) is 44.9 Å². The summed E-state index contributed by atoms with van der Waals surface area (Å²) in [6.45, 7) is 8.40. The lowest BCUT2D eigenvalue weighted by atomic mass is 9.45. The molecule has 5 aliphatic rings. The van der Waals surface area contributed by atoms with Crippen LogP contribution in [0.3, 0.4) is 0 Å². The minimum absolute atomic E-state index is 0.0185. The molecular formula is C26H38O5. The number of hydrogen-bond acceptors (Lipinski definition) is 4. The minimum Gasteiger partial charge on any atom is -0.481 e. The van der Waals surface area contributed by atoms with E-state index in [0.29, 0.717) is 42.3 Å². The molecule has 5 nitrogen and oxygen atoms in total. The summed E-state index contributed by atoms with van der Waals surface area (Å²) in [5, 5.41) is 19.3. The maximum absolute atomic E-state index is 12.3. The number of aliphatic hydroxyl groups is 1. The number of carbonyl (C=O) groups excluding carboxylic acids is 2. The molecule has 172 valence electrons. The highest BCUT2D eigenvalue weighted by Crippen LogP contribution is 2.68. The van der Waals surface area contributed by atoms with Gasteiger partial charge >= 0.3 is 5.97 Å². The molecule has 4 fully saturated rings. The van der Waals surface area contributed by atoms with Gasteiger partial charge in [-0.05, 0) is 93.5 Å². The van der Waals surface area contributed by atoms with Crippen molar-refractivity contribution in [3.05, 3.63) is 11.6 Å². The van der Waals surface area contributed by atoms with E-state index in [2.05, 4.69) is 20.8 Å². The van der Waals surface area contributed by atoms with Crippen molar-refractivity contribution in [3.63, 3.8) is 0 Å². The highest BCUT2D eigenvalue weighted by atomic mass is 16.4. The highest BCUT2D eigenvalue weighted by Gasteiger charge is 2.66. The zero-order valence-electron chi connectivity index (χ0n) is 19.4. The van der Waals surface area contributed by atoms with E-state index in [1.165, 1.54) is 5.57 Å². The van der Waals surface area contributed by atoms with Crippen molar-refractivity contribution in [1.82, 2.24) is 0 Å². The Hall–Kier alpha value is -1.49. The molecule has 0 heterocycles. The third kappa shape index (κ3) is 3.42. The van der Waals surface area contributed by atoms with Crippen molar-refractivity contribution >= 4 is 17.5 Å². The fourth-order valence-electron chi connectivity index (χ4n) is 7.91. The normalized spacial score (nSPS) is 46.0. The third-order valence-electron chi connectivity index (χ3n) is 9.94. The number of aliphatic carboxylic acids is 1. The first-order chi connectivity index (χ1) is 14.4. The van der Waals surface area contributed by atoms with E-state index in [9.17, 15) is 19.5 Å². The Balaban J connectivity index is 0.000000334. The Morgan fingerprint density at radius 2 is 1.68 bits per heavy atom. The van der Waals surface area contributed by atoms with Crippen molar-refractivity contribution in [2.75, 3.05) is 0 Å².